The summed E-state index contributed by atoms with van der Waals surface area (Å²) >= 11 is 1.59. The molecule has 2 aromatic heterocycles. The Hall–Kier alpha value is -1.72. The summed E-state index contributed by atoms with van der Waals surface area (Å²) in [6.07, 6.45) is 0.589. The van der Waals surface area contributed by atoms with Crippen LogP contribution in [0.15, 0.2) is 34.1 Å². The zero-order valence-electron chi connectivity index (χ0n) is 10.4. The molecular weight excluding hydrogens is 263 g/mol. The summed E-state index contributed by atoms with van der Waals surface area (Å²) in [4.78, 5) is 4.37. The lowest BCUT2D eigenvalue weighted by molar-refractivity contribution is 0.476. The maximum Gasteiger partial charge on any atom is 0.169 e. The molecule has 2 heterocycles. The Morgan fingerprint density at radius 1 is 1.47 bits per heavy atom. The number of aromatic nitrogens is 1. The van der Waals surface area contributed by atoms with Crippen molar-refractivity contribution in [2.24, 2.45) is 5.73 Å². The Morgan fingerprint density at radius 2 is 2.32 bits per heavy atom. The van der Waals surface area contributed by atoms with Crippen LogP contribution in [0.5, 0.6) is 0 Å². The molecule has 0 fully saturated rings. The molecule has 1 aromatic carbocycles. The molecule has 1 atom stereocenters. The van der Waals surface area contributed by atoms with Gasteiger partial charge in [0.25, 0.3) is 0 Å². The van der Waals surface area contributed by atoms with E-state index in [-0.39, 0.29) is 17.4 Å². The molecule has 98 valence electrons. The minimum Gasteiger partial charge on any atom is -0.456 e. The van der Waals surface area contributed by atoms with E-state index in [2.05, 4.69) is 4.98 Å². The van der Waals surface area contributed by atoms with E-state index in [1.54, 1.807) is 23.5 Å². The molecule has 5 heteroatoms. The lowest BCUT2D eigenvalue weighted by Crippen LogP contribution is -2.12. The number of nitrogens with zero attached hydrogens (tertiary/aromatic N) is 1. The number of hydrogen-bond acceptors (Lipinski definition) is 4. The van der Waals surface area contributed by atoms with Crippen molar-refractivity contribution < 1.29 is 8.81 Å². The molecule has 1 unspecified atom stereocenters. The summed E-state index contributed by atoms with van der Waals surface area (Å²) in [5, 5.41) is 3.73. The van der Waals surface area contributed by atoms with E-state index in [0.29, 0.717) is 12.2 Å². The topological polar surface area (TPSA) is 52.0 Å². The van der Waals surface area contributed by atoms with E-state index in [9.17, 15) is 4.39 Å². The van der Waals surface area contributed by atoms with Gasteiger partial charge in [-0.15, -0.1) is 11.3 Å². The van der Waals surface area contributed by atoms with Crippen LogP contribution in [0, 0.1) is 12.7 Å². The lowest BCUT2D eigenvalue weighted by atomic mass is 10.1. The van der Waals surface area contributed by atoms with Crippen molar-refractivity contribution in [1.29, 1.82) is 0 Å². The molecule has 0 spiro atoms. The number of nitrogens with two attached hydrogens (primary N) is 1. The van der Waals surface area contributed by atoms with Crippen LogP contribution in [-0.2, 0) is 6.42 Å². The predicted molar refractivity (Wildman–Crippen MR) is 73.7 cm³/mol. The largest absolute Gasteiger partial charge is 0.456 e. The van der Waals surface area contributed by atoms with Crippen molar-refractivity contribution in [1.82, 2.24) is 4.98 Å². The van der Waals surface area contributed by atoms with Gasteiger partial charge in [-0.1, -0.05) is 12.1 Å². The van der Waals surface area contributed by atoms with Crippen LogP contribution >= 0.6 is 11.3 Å². The van der Waals surface area contributed by atoms with Crippen LogP contribution in [-0.4, -0.2) is 4.98 Å². The fraction of sp³-hybridized carbons (Fsp3) is 0.214. The maximum absolute atomic E-state index is 13.5. The number of benzene rings is 1. The van der Waals surface area contributed by atoms with Gasteiger partial charge in [-0.2, -0.15) is 0 Å². The molecule has 3 nitrogen and oxygen atoms in total. The van der Waals surface area contributed by atoms with Crippen LogP contribution < -0.4 is 5.73 Å². The Balaban J connectivity index is 1.89. The third-order valence-electron chi connectivity index (χ3n) is 2.98. The minimum absolute atomic E-state index is 0.266. The average molecular weight is 276 g/mol. The summed E-state index contributed by atoms with van der Waals surface area (Å²) in [6.45, 7) is 1.95. The molecule has 19 heavy (non-hydrogen) atoms. The molecule has 0 saturated heterocycles. The van der Waals surface area contributed by atoms with Gasteiger partial charge in [0, 0.05) is 17.2 Å². The molecule has 2 N–H and O–H groups in total. The van der Waals surface area contributed by atoms with Gasteiger partial charge in [0.2, 0.25) is 0 Å². The van der Waals surface area contributed by atoms with E-state index < -0.39 is 0 Å². The number of furan rings is 1. The van der Waals surface area contributed by atoms with Crippen molar-refractivity contribution in [3.05, 3.63) is 51.9 Å². The average Bonchev–Trinajstić information content (AvgIpc) is 2.96. The molecule has 0 radical (unpaired) electrons. The first-order valence-electron chi connectivity index (χ1n) is 5.98. The van der Waals surface area contributed by atoms with Gasteiger partial charge in [0.15, 0.2) is 11.4 Å². The second kappa shape index (κ2) is 4.75. The van der Waals surface area contributed by atoms with Gasteiger partial charge in [-0.25, -0.2) is 9.37 Å². The molecule has 3 aromatic rings. The Morgan fingerprint density at radius 3 is 3.00 bits per heavy atom. The third kappa shape index (κ3) is 2.39. The number of thiazole rings is 1. The molecule has 0 aliphatic rings. The molecule has 0 saturated carbocycles. The zero-order chi connectivity index (χ0) is 13.4. The third-order valence-corrected chi connectivity index (χ3v) is 3.80. The van der Waals surface area contributed by atoms with Crippen LogP contribution in [0.1, 0.15) is 22.5 Å². The normalized spacial score (nSPS) is 13.0. The van der Waals surface area contributed by atoms with Gasteiger partial charge in [-0.05, 0) is 19.1 Å². The molecule has 0 aliphatic heterocycles. The smallest absolute Gasteiger partial charge is 0.169 e. The first kappa shape index (κ1) is 12.3. The quantitative estimate of drug-likeness (QED) is 0.795. The van der Waals surface area contributed by atoms with Crippen molar-refractivity contribution >= 4 is 22.3 Å². The highest BCUT2D eigenvalue weighted by molar-refractivity contribution is 7.09. The van der Waals surface area contributed by atoms with E-state index in [0.717, 1.165) is 16.1 Å². The van der Waals surface area contributed by atoms with E-state index in [1.165, 1.54) is 6.07 Å². The first-order chi connectivity index (χ1) is 9.13. The molecule has 0 aliphatic carbocycles. The SMILES string of the molecule is Cc1nc(CC(N)c2cc3cccc(F)c3o2)cs1. The molecular formula is C14H13FN2OS. The first-order valence-corrected chi connectivity index (χ1v) is 6.86. The van der Waals surface area contributed by atoms with Crippen molar-refractivity contribution in [2.45, 2.75) is 19.4 Å². The molecule has 3 rings (SSSR count). The van der Waals surface area contributed by atoms with Gasteiger partial charge >= 0.3 is 0 Å². The molecule has 0 amide bonds. The Kier molecular flexibility index (Phi) is 3.08. The van der Waals surface area contributed by atoms with Gasteiger partial charge in [0.05, 0.1) is 16.7 Å². The second-order valence-corrected chi connectivity index (χ2v) is 5.54. The summed E-state index contributed by atoms with van der Waals surface area (Å²) in [7, 11) is 0. The van der Waals surface area contributed by atoms with E-state index >= 15 is 0 Å². The van der Waals surface area contributed by atoms with Crippen molar-refractivity contribution in [3.63, 3.8) is 0 Å². The summed E-state index contributed by atoms with van der Waals surface area (Å²) in [6, 6.07) is 6.33. The number of rotatable bonds is 3. The minimum atomic E-state index is -0.361. The number of aryl methyl sites for hydroxylation is 1. The second-order valence-electron chi connectivity index (χ2n) is 4.48. The standard InChI is InChI=1S/C14H13FN2OS/c1-8-17-10(7-19-8)6-12(16)13-5-9-3-2-4-11(15)14(9)18-13/h2-5,7,12H,6,16H2,1H3. The van der Waals surface area contributed by atoms with Crippen LogP contribution in [0.4, 0.5) is 4.39 Å². The maximum atomic E-state index is 13.5. The predicted octanol–water partition coefficient (Wildman–Crippen LogP) is 3.58. The van der Waals surface area contributed by atoms with Crippen LogP contribution in [0.2, 0.25) is 0 Å². The monoisotopic (exact) mass is 276 g/mol. The van der Waals surface area contributed by atoms with Gasteiger partial charge in [0.1, 0.15) is 5.76 Å². The number of fused-ring (bicyclic) bond motifs is 1. The highest BCUT2D eigenvalue weighted by Crippen LogP contribution is 2.26. The highest BCUT2D eigenvalue weighted by Gasteiger charge is 2.15. The van der Waals surface area contributed by atoms with Gasteiger partial charge < -0.3 is 10.2 Å². The zero-order valence-corrected chi connectivity index (χ0v) is 11.2. The lowest BCUT2D eigenvalue weighted by Gasteiger charge is -2.05. The van der Waals surface area contributed by atoms with E-state index in [4.69, 9.17) is 10.2 Å². The van der Waals surface area contributed by atoms with E-state index in [1.807, 2.05) is 18.4 Å². The fourth-order valence-corrected chi connectivity index (χ4v) is 2.68. The number of para-hydroxylation sites is 1. The summed E-state index contributed by atoms with van der Waals surface area (Å²) < 4.78 is 19.1. The van der Waals surface area contributed by atoms with Gasteiger partial charge in [-0.3, -0.25) is 0 Å². The number of halogens is 1. The highest BCUT2D eigenvalue weighted by atomic mass is 32.1. The van der Waals surface area contributed by atoms with Crippen LogP contribution in [0.25, 0.3) is 11.0 Å². The van der Waals surface area contributed by atoms with Crippen LogP contribution in [0.3, 0.4) is 0 Å². The summed E-state index contributed by atoms with van der Waals surface area (Å²) in [5.74, 6) is 0.228. The Bertz CT molecular complexity index is 719. The molecule has 0 bridgehead atoms. The van der Waals surface area contributed by atoms with Crippen molar-refractivity contribution in [2.75, 3.05) is 0 Å². The van der Waals surface area contributed by atoms with Crippen molar-refractivity contribution in [3.8, 4) is 0 Å². The fourth-order valence-electron chi connectivity index (χ4n) is 2.06. The number of hydrogen-bond donors (Lipinski definition) is 1. The Labute approximate surface area is 113 Å². The summed E-state index contributed by atoms with van der Waals surface area (Å²) in [5.41, 5.74) is 7.31.